The van der Waals surface area contributed by atoms with Gasteiger partial charge < -0.3 is 5.32 Å². The van der Waals surface area contributed by atoms with E-state index in [1.807, 2.05) is 6.07 Å². The molecule has 1 heterocycles. The van der Waals surface area contributed by atoms with Crippen molar-refractivity contribution in [1.82, 2.24) is 0 Å². The largest absolute Gasteiger partial charge is 0.318 e. The summed E-state index contributed by atoms with van der Waals surface area (Å²) in [5, 5.41) is 7.57. The van der Waals surface area contributed by atoms with Crippen LogP contribution in [0.1, 0.15) is 12.5 Å². The lowest BCUT2D eigenvalue weighted by molar-refractivity contribution is -0.114. The highest BCUT2D eigenvalue weighted by molar-refractivity contribution is 7.24. The quantitative estimate of drug-likeness (QED) is 0.689. The molecular weight excluding hydrogens is 242 g/mol. The van der Waals surface area contributed by atoms with E-state index in [1.165, 1.54) is 20.9 Å². The molecular formula is C15H13NOS. The van der Waals surface area contributed by atoms with Crippen LogP contribution in [-0.4, -0.2) is 5.91 Å². The van der Waals surface area contributed by atoms with Gasteiger partial charge in [0.2, 0.25) is 5.91 Å². The SMILES string of the molecule is CC(=O)Nc1sc2c(ccc3ccccc32)c1C. The van der Waals surface area contributed by atoms with Crippen LogP contribution in [0.25, 0.3) is 20.9 Å². The summed E-state index contributed by atoms with van der Waals surface area (Å²) in [7, 11) is 0. The molecule has 1 aromatic heterocycles. The molecule has 1 N–H and O–H groups in total. The van der Waals surface area contributed by atoms with Crippen molar-refractivity contribution in [2.45, 2.75) is 13.8 Å². The molecule has 0 aliphatic heterocycles. The van der Waals surface area contributed by atoms with Gasteiger partial charge in [-0.15, -0.1) is 11.3 Å². The molecule has 0 spiro atoms. The fraction of sp³-hybridized carbons (Fsp3) is 0.133. The van der Waals surface area contributed by atoms with Crippen molar-refractivity contribution in [3.8, 4) is 0 Å². The third-order valence-corrected chi connectivity index (χ3v) is 4.37. The van der Waals surface area contributed by atoms with Gasteiger partial charge in [-0.1, -0.05) is 36.4 Å². The molecule has 2 nitrogen and oxygen atoms in total. The first-order valence-electron chi connectivity index (χ1n) is 5.85. The minimum atomic E-state index is -0.0195. The van der Waals surface area contributed by atoms with Crippen molar-refractivity contribution in [1.29, 1.82) is 0 Å². The first-order chi connectivity index (χ1) is 8.66. The van der Waals surface area contributed by atoms with E-state index in [0.717, 1.165) is 10.6 Å². The van der Waals surface area contributed by atoms with Crippen LogP contribution in [0.15, 0.2) is 36.4 Å². The number of hydrogen-bond donors (Lipinski definition) is 1. The highest BCUT2D eigenvalue weighted by Gasteiger charge is 2.11. The predicted molar refractivity (Wildman–Crippen MR) is 78.4 cm³/mol. The van der Waals surface area contributed by atoms with Crippen LogP contribution in [0, 0.1) is 6.92 Å². The van der Waals surface area contributed by atoms with E-state index in [0.29, 0.717) is 0 Å². The van der Waals surface area contributed by atoms with Crippen molar-refractivity contribution in [2.75, 3.05) is 5.32 Å². The van der Waals surface area contributed by atoms with Gasteiger partial charge in [0, 0.05) is 11.6 Å². The van der Waals surface area contributed by atoms with Crippen molar-refractivity contribution < 1.29 is 4.79 Å². The summed E-state index contributed by atoms with van der Waals surface area (Å²) in [6, 6.07) is 12.6. The Morgan fingerprint density at radius 2 is 1.89 bits per heavy atom. The monoisotopic (exact) mass is 255 g/mol. The maximum absolute atomic E-state index is 11.2. The molecule has 0 atom stereocenters. The molecule has 3 rings (SSSR count). The molecule has 0 aliphatic carbocycles. The van der Waals surface area contributed by atoms with Crippen LogP contribution >= 0.6 is 11.3 Å². The van der Waals surface area contributed by atoms with Gasteiger partial charge in [0.25, 0.3) is 0 Å². The third-order valence-electron chi connectivity index (χ3n) is 3.12. The van der Waals surface area contributed by atoms with E-state index < -0.39 is 0 Å². The van der Waals surface area contributed by atoms with Crippen LogP contribution in [0.5, 0.6) is 0 Å². The fourth-order valence-corrected chi connectivity index (χ4v) is 3.52. The number of nitrogens with one attached hydrogen (secondary N) is 1. The van der Waals surface area contributed by atoms with Crippen molar-refractivity contribution in [3.05, 3.63) is 42.0 Å². The predicted octanol–water partition coefficient (Wildman–Crippen LogP) is 4.32. The van der Waals surface area contributed by atoms with E-state index in [-0.39, 0.29) is 5.91 Å². The van der Waals surface area contributed by atoms with E-state index in [1.54, 1.807) is 18.3 Å². The summed E-state index contributed by atoms with van der Waals surface area (Å²) < 4.78 is 1.24. The highest BCUT2D eigenvalue weighted by Crippen LogP contribution is 2.39. The van der Waals surface area contributed by atoms with E-state index in [9.17, 15) is 4.79 Å². The van der Waals surface area contributed by atoms with E-state index in [2.05, 4.69) is 42.6 Å². The fourth-order valence-electron chi connectivity index (χ4n) is 2.23. The molecule has 3 aromatic rings. The van der Waals surface area contributed by atoms with Gasteiger partial charge in [-0.3, -0.25) is 4.79 Å². The molecule has 2 aromatic carbocycles. The number of anilines is 1. The smallest absolute Gasteiger partial charge is 0.221 e. The van der Waals surface area contributed by atoms with E-state index in [4.69, 9.17) is 0 Å². The standard InChI is InChI=1S/C15H13NOS/c1-9-12-8-7-11-5-3-4-6-13(11)14(12)18-15(9)16-10(2)17/h3-8H,1-2H3,(H,16,17). The Bertz CT molecular complexity index is 758. The van der Waals surface area contributed by atoms with Gasteiger partial charge in [0.15, 0.2) is 0 Å². The van der Waals surface area contributed by atoms with Gasteiger partial charge in [-0.25, -0.2) is 0 Å². The van der Waals surface area contributed by atoms with Crippen molar-refractivity contribution in [2.24, 2.45) is 0 Å². The zero-order chi connectivity index (χ0) is 12.7. The third kappa shape index (κ3) is 1.68. The Morgan fingerprint density at radius 1 is 1.11 bits per heavy atom. The summed E-state index contributed by atoms with van der Waals surface area (Å²) in [6.45, 7) is 3.60. The Morgan fingerprint density at radius 3 is 2.67 bits per heavy atom. The van der Waals surface area contributed by atoms with Crippen LogP contribution in [0.4, 0.5) is 5.00 Å². The molecule has 18 heavy (non-hydrogen) atoms. The number of carbonyl (C=O) groups excluding carboxylic acids is 1. The number of hydrogen-bond acceptors (Lipinski definition) is 2. The minimum absolute atomic E-state index is 0.0195. The number of thiophene rings is 1. The first kappa shape index (κ1) is 11.2. The lowest BCUT2D eigenvalue weighted by Gasteiger charge is -1.99. The van der Waals surface area contributed by atoms with Crippen LogP contribution < -0.4 is 5.32 Å². The molecule has 0 saturated carbocycles. The van der Waals surface area contributed by atoms with Crippen LogP contribution in [0.3, 0.4) is 0 Å². The van der Waals surface area contributed by atoms with Gasteiger partial charge >= 0.3 is 0 Å². The van der Waals surface area contributed by atoms with Crippen LogP contribution in [-0.2, 0) is 4.79 Å². The Labute approximate surface area is 109 Å². The van der Waals surface area contributed by atoms with Gasteiger partial charge in [-0.2, -0.15) is 0 Å². The Balaban J connectivity index is 2.34. The zero-order valence-corrected chi connectivity index (χ0v) is 11.1. The topological polar surface area (TPSA) is 29.1 Å². The highest BCUT2D eigenvalue weighted by atomic mass is 32.1. The molecule has 0 fully saturated rings. The summed E-state index contributed by atoms with van der Waals surface area (Å²) >= 11 is 1.65. The summed E-state index contributed by atoms with van der Waals surface area (Å²) in [5.41, 5.74) is 1.15. The summed E-state index contributed by atoms with van der Waals surface area (Å²) in [6.07, 6.45) is 0. The maximum atomic E-state index is 11.2. The molecule has 1 amide bonds. The lowest BCUT2D eigenvalue weighted by atomic mass is 10.1. The maximum Gasteiger partial charge on any atom is 0.221 e. The lowest BCUT2D eigenvalue weighted by Crippen LogP contribution is -2.04. The number of carbonyl (C=O) groups is 1. The number of aryl methyl sites for hydroxylation is 1. The molecule has 90 valence electrons. The summed E-state index contributed by atoms with van der Waals surface area (Å²) in [4.78, 5) is 11.2. The second-order valence-electron chi connectivity index (χ2n) is 4.40. The molecule has 3 heteroatoms. The minimum Gasteiger partial charge on any atom is -0.318 e. The average molecular weight is 255 g/mol. The molecule has 0 aliphatic rings. The molecule has 0 bridgehead atoms. The van der Waals surface area contributed by atoms with E-state index >= 15 is 0 Å². The van der Waals surface area contributed by atoms with Gasteiger partial charge in [0.05, 0.1) is 5.00 Å². The summed E-state index contributed by atoms with van der Waals surface area (Å²) in [5.74, 6) is -0.0195. The number of amides is 1. The normalized spacial score (nSPS) is 11.0. The van der Waals surface area contributed by atoms with Crippen molar-refractivity contribution >= 4 is 43.1 Å². The number of fused-ring (bicyclic) bond motifs is 3. The average Bonchev–Trinajstić information content (AvgIpc) is 2.66. The van der Waals surface area contributed by atoms with Gasteiger partial charge in [0.1, 0.15) is 0 Å². The Hall–Kier alpha value is -1.87. The second kappa shape index (κ2) is 4.10. The Kier molecular flexibility index (Phi) is 2.56. The van der Waals surface area contributed by atoms with Crippen molar-refractivity contribution in [3.63, 3.8) is 0 Å². The number of benzene rings is 2. The first-order valence-corrected chi connectivity index (χ1v) is 6.67. The zero-order valence-electron chi connectivity index (χ0n) is 10.3. The molecule has 0 radical (unpaired) electrons. The number of rotatable bonds is 1. The second-order valence-corrected chi connectivity index (χ2v) is 5.42. The molecule has 0 saturated heterocycles. The van der Waals surface area contributed by atoms with Gasteiger partial charge in [-0.05, 0) is 28.6 Å². The molecule has 0 unspecified atom stereocenters. The van der Waals surface area contributed by atoms with Crippen LogP contribution in [0.2, 0.25) is 0 Å².